The van der Waals surface area contributed by atoms with E-state index in [0.717, 1.165) is 12.0 Å². The maximum absolute atomic E-state index is 6.15. The zero-order chi connectivity index (χ0) is 14.8. The SMILES string of the molecule is NC1CCOCC1c1nc(Cc2c(Cl)cccc2Cl)no1. The van der Waals surface area contributed by atoms with Gasteiger partial charge < -0.3 is 15.0 Å². The second-order valence-electron chi connectivity index (χ2n) is 5.06. The molecule has 0 amide bonds. The molecule has 1 fully saturated rings. The zero-order valence-corrected chi connectivity index (χ0v) is 12.8. The molecule has 1 saturated heterocycles. The van der Waals surface area contributed by atoms with Crippen molar-refractivity contribution in [3.05, 3.63) is 45.5 Å². The van der Waals surface area contributed by atoms with Crippen LogP contribution in [0.1, 0.15) is 29.6 Å². The fraction of sp³-hybridized carbons (Fsp3) is 0.429. The monoisotopic (exact) mass is 327 g/mol. The largest absolute Gasteiger partial charge is 0.381 e. The summed E-state index contributed by atoms with van der Waals surface area (Å²) in [6.07, 6.45) is 1.21. The fourth-order valence-electron chi connectivity index (χ4n) is 2.36. The van der Waals surface area contributed by atoms with Crippen LogP contribution in [0, 0.1) is 0 Å². The minimum Gasteiger partial charge on any atom is -0.381 e. The number of nitrogens with zero attached hydrogens (tertiary/aromatic N) is 2. The third-order valence-electron chi connectivity index (χ3n) is 3.61. The van der Waals surface area contributed by atoms with E-state index >= 15 is 0 Å². The van der Waals surface area contributed by atoms with E-state index in [-0.39, 0.29) is 12.0 Å². The summed E-state index contributed by atoms with van der Waals surface area (Å²) in [5.74, 6) is 1.000. The number of ether oxygens (including phenoxy) is 1. The Hall–Kier alpha value is -1.14. The molecule has 2 N–H and O–H groups in total. The van der Waals surface area contributed by atoms with Crippen molar-refractivity contribution in [1.82, 2.24) is 10.1 Å². The predicted octanol–water partition coefficient (Wildman–Crippen LogP) is 2.80. The molecule has 1 aliphatic heterocycles. The van der Waals surface area contributed by atoms with E-state index in [9.17, 15) is 0 Å². The van der Waals surface area contributed by atoms with Crippen LogP contribution in [0.4, 0.5) is 0 Å². The van der Waals surface area contributed by atoms with Gasteiger partial charge >= 0.3 is 0 Å². The van der Waals surface area contributed by atoms with Crippen molar-refractivity contribution in [2.75, 3.05) is 13.2 Å². The van der Waals surface area contributed by atoms with Crippen molar-refractivity contribution < 1.29 is 9.26 Å². The molecular formula is C14H15Cl2N3O2. The highest BCUT2D eigenvalue weighted by Crippen LogP contribution is 2.27. The Kier molecular flexibility index (Phi) is 4.45. The highest BCUT2D eigenvalue weighted by Gasteiger charge is 2.29. The molecule has 2 aromatic rings. The summed E-state index contributed by atoms with van der Waals surface area (Å²) in [5.41, 5.74) is 6.86. The van der Waals surface area contributed by atoms with E-state index in [1.165, 1.54) is 0 Å². The maximum Gasteiger partial charge on any atom is 0.233 e. The fourth-order valence-corrected chi connectivity index (χ4v) is 2.89. The van der Waals surface area contributed by atoms with Gasteiger partial charge in [-0.05, 0) is 24.1 Å². The van der Waals surface area contributed by atoms with Gasteiger partial charge in [-0.2, -0.15) is 4.98 Å². The lowest BCUT2D eigenvalue weighted by Gasteiger charge is -2.25. The quantitative estimate of drug-likeness (QED) is 0.938. The normalized spacial score (nSPS) is 22.4. The van der Waals surface area contributed by atoms with E-state index < -0.39 is 0 Å². The minimum atomic E-state index is -0.0540. The van der Waals surface area contributed by atoms with Crippen molar-refractivity contribution in [2.24, 2.45) is 5.73 Å². The topological polar surface area (TPSA) is 74.2 Å². The first-order chi connectivity index (χ1) is 10.1. The molecule has 0 bridgehead atoms. The second-order valence-corrected chi connectivity index (χ2v) is 5.87. The van der Waals surface area contributed by atoms with Gasteiger partial charge in [-0.1, -0.05) is 34.4 Å². The summed E-state index contributed by atoms with van der Waals surface area (Å²) >= 11 is 12.3. The summed E-state index contributed by atoms with van der Waals surface area (Å²) in [6.45, 7) is 1.18. The van der Waals surface area contributed by atoms with Crippen molar-refractivity contribution in [1.29, 1.82) is 0 Å². The van der Waals surface area contributed by atoms with Crippen LogP contribution in [-0.4, -0.2) is 29.4 Å². The number of hydrogen-bond acceptors (Lipinski definition) is 5. The molecule has 1 aromatic heterocycles. The molecule has 0 spiro atoms. The second kappa shape index (κ2) is 6.32. The number of rotatable bonds is 3. The molecule has 0 saturated carbocycles. The molecule has 0 radical (unpaired) electrons. The van der Waals surface area contributed by atoms with Crippen molar-refractivity contribution in [3.63, 3.8) is 0 Å². The van der Waals surface area contributed by atoms with E-state index in [1.807, 2.05) is 0 Å². The molecule has 0 aliphatic carbocycles. The van der Waals surface area contributed by atoms with Gasteiger partial charge in [0.25, 0.3) is 0 Å². The van der Waals surface area contributed by atoms with Crippen LogP contribution in [0.15, 0.2) is 22.7 Å². The molecule has 21 heavy (non-hydrogen) atoms. The molecule has 2 atom stereocenters. The molecule has 7 heteroatoms. The molecule has 112 valence electrons. The van der Waals surface area contributed by atoms with Crippen LogP contribution in [0.25, 0.3) is 0 Å². The van der Waals surface area contributed by atoms with Crippen LogP contribution in [0.3, 0.4) is 0 Å². The van der Waals surface area contributed by atoms with Crippen LogP contribution in [0.2, 0.25) is 10.0 Å². The maximum atomic E-state index is 6.15. The molecule has 2 unspecified atom stereocenters. The van der Waals surface area contributed by atoms with Gasteiger partial charge in [0.15, 0.2) is 5.82 Å². The minimum absolute atomic E-state index is 0.0176. The van der Waals surface area contributed by atoms with E-state index in [2.05, 4.69) is 10.1 Å². The first-order valence-corrected chi connectivity index (χ1v) is 7.49. The Morgan fingerprint density at radius 1 is 1.29 bits per heavy atom. The third-order valence-corrected chi connectivity index (χ3v) is 4.32. The first kappa shape index (κ1) is 14.8. The van der Waals surface area contributed by atoms with Crippen LogP contribution in [0.5, 0.6) is 0 Å². The van der Waals surface area contributed by atoms with Gasteiger partial charge in [0.2, 0.25) is 5.89 Å². The number of aromatic nitrogens is 2. The molecule has 2 heterocycles. The van der Waals surface area contributed by atoms with Crippen LogP contribution < -0.4 is 5.73 Å². The Morgan fingerprint density at radius 2 is 2.05 bits per heavy atom. The standard InChI is InChI=1S/C14H15Cl2N3O2/c15-10-2-1-3-11(16)8(10)6-13-18-14(21-19-13)9-7-20-5-4-12(9)17/h1-3,9,12H,4-7,17H2. The van der Waals surface area contributed by atoms with E-state index in [4.69, 9.17) is 38.2 Å². The molecule has 5 nitrogen and oxygen atoms in total. The van der Waals surface area contributed by atoms with Crippen LogP contribution in [-0.2, 0) is 11.2 Å². The van der Waals surface area contributed by atoms with E-state index in [0.29, 0.717) is 41.4 Å². The summed E-state index contributed by atoms with van der Waals surface area (Å²) in [4.78, 5) is 4.41. The Balaban J connectivity index is 1.79. The Morgan fingerprint density at radius 3 is 2.76 bits per heavy atom. The van der Waals surface area contributed by atoms with E-state index in [1.54, 1.807) is 18.2 Å². The van der Waals surface area contributed by atoms with Gasteiger partial charge in [0, 0.05) is 29.1 Å². The zero-order valence-electron chi connectivity index (χ0n) is 11.3. The summed E-state index contributed by atoms with van der Waals surface area (Å²) in [6, 6.07) is 5.35. The van der Waals surface area contributed by atoms with Crippen molar-refractivity contribution in [2.45, 2.75) is 24.8 Å². The Bertz CT molecular complexity index is 612. The Labute approximate surface area is 132 Å². The first-order valence-electron chi connectivity index (χ1n) is 6.74. The lowest BCUT2D eigenvalue weighted by Crippen LogP contribution is -2.37. The smallest absolute Gasteiger partial charge is 0.233 e. The van der Waals surface area contributed by atoms with Gasteiger partial charge in [0.05, 0.1) is 12.5 Å². The number of nitrogens with two attached hydrogens (primary N) is 1. The van der Waals surface area contributed by atoms with Gasteiger partial charge in [-0.15, -0.1) is 0 Å². The van der Waals surface area contributed by atoms with Crippen molar-refractivity contribution in [3.8, 4) is 0 Å². The number of benzene rings is 1. The molecule has 1 aromatic carbocycles. The predicted molar refractivity (Wildman–Crippen MR) is 79.7 cm³/mol. The van der Waals surface area contributed by atoms with Gasteiger partial charge in [-0.3, -0.25) is 0 Å². The highest BCUT2D eigenvalue weighted by molar-refractivity contribution is 6.36. The van der Waals surface area contributed by atoms with Crippen LogP contribution >= 0.6 is 23.2 Å². The number of halogens is 2. The highest BCUT2D eigenvalue weighted by atomic mass is 35.5. The lowest BCUT2D eigenvalue weighted by atomic mass is 9.97. The lowest BCUT2D eigenvalue weighted by molar-refractivity contribution is 0.0590. The van der Waals surface area contributed by atoms with Gasteiger partial charge in [0.1, 0.15) is 0 Å². The summed E-state index contributed by atoms with van der Waals surface area (Å²) in [5, 5.41) is 5.17. The summed E-state index contributed by atoms with van der Waals surface area (Å²) in [7, 11) is 0. The number of hydrogen-bond donors (Lipinski definition) is 1. The molecular weight excluding hydrogens is 313 g/mol. The molecule has 3 rings (SSSR count). The van der Waals surface area contributed by atoms with Crippen molar-refractivity contribution >= 4 is 23.2 Å². The summed E-state index contributed by atoms with van der Waals surface area (Å²) < 4.78 is 10.7. The average Bonchev–Trinajstić information content (AvgIpc) is 2.92. The molecule has 1 aliphatic rings. The van der Waals surface area contributed by atoms with Gasteiger partial charge in [-0.25, -0.2) is 0 Å². The third kappa shape index (κ3) is 3.21. The average molecular weight is 328 g/mol.